The van der Waals surface area contributed by atoms with Gasteiger partial charge in [0.1, 0.15) is 48.4 Å². The van der Waals surface area contributed by atoms with Crippen LogP contribution in [0.2, 0.25) is 106 Å². The van der Waals surface area contributed by atoms with Crippen LogP contribution in [0, 0.1) is 68.8 Å². The predicted octanol–water partition coefficient (Wildman–Crippen LogP) is 20.8. The van der Waals surface area contributed by atoms with Gasteiger partial charge in [-0.15, -0.1) is 33.3 Å². The van der Waals surface area contributed by atoms with Crippen molar-refractivity contribution >= 4 is 70.0 Å². The van der Waals surface area contributed by atoms with Crippen LogP contribution in [0.5, 0.6) is 0 Å². The predicted molar refractivity (Wildman–Crippen MR) is 388 cm³/mol. The highest BCUT2D eigenvalue weighted by Gasteiger charge is 2.50. The highest BCUT2D eigenvalue weighted by molar-refractivity contribution is 6.92. The van der Waals surface area contributed by atoms with Crippen LogP contribution < -0.4 is 0 Å². The Morgan fingerprint density at radius 1 is 0.262 bits per heavy atom. The van der Waals surface area contributed by atoms with Gasteiger partial charge in [0.2, 0.25) is 0 Å². The number of hydrogen-bond acceptors (Lipinski definition) is 2. The molecule has 0 fully saturated rings. The van der Waals surface area contributed by atoms with Crippen LogP contribution in [0.1, 0.15) is 211 Å². The van der Waals surface area contributed by atoms with Crippen molar-refractivity contribution in [3.05, 3.63) is 93.0 Å². The van der Waals surface area contributed by atoms with Crippen molar-refractivity contribution < 1.29 is 10.2 Å². The first kappa shape index (κ1) is 70.7. The molecule has 452 valence electrons. The van der Waals surface area contributed by atoms with Crippen molar-refractivity contribution in [2.45, 2.75) is 283 Å². The molecule has 2 N–H and O–H groups in total. The van der Waals surface area contributed by atoms with Gasteiger partial charge < -0.3 is 10.2 Å². The Bertz CT molecular complexity index is 2980. The summed E-state index contributed by atoms with van der Waals surface area (Å²) >= 11 is 0. The van der Waals surface area contributed by atoms with Gasteiger partial charge in [-0.05, 0) is 137 Å². The molecule has 84 heavy (non-hydrogen) atoms. The van der Waals surface area contributed by atoms with Crippen molar-refractivity contribution in [1.82, 2.24) is 0 Å². The van der Waals surface area contributed by atoms with E-state index in [1.807, 2.05) is 0 Å². The second-order valence-electron chi connectivity index (χ2n) is 31.3. The van der Waals surface area contributed by atoms with E-state index in [1.54, 1.807) is 0 Å². The fourth-order valence-corrected chi connectivity index (χ4v) is 37.8. The van der Waals surface area contributed by atoms with E-state index >= 15 is 0 Å². The topological polar surface area (TPSA) is 40.5 Å². The fraction of sp³-hybridized carbons (Fsp3) is 0.579. The quantitative estimate of drug-likeness (QED) is 0.110. The molecule has 5 rings (SSSR count). The summed E-state index contributed by atoms with van der Waals surface area (Å²) in [5.41, 5.74) is 31.4. The minimum atomic E-state index is -2.17. The van der Waals surface area contributed by atoms with Crippen LogP contribution in [0.25, 0.3) is 21.5 Å². The molecule has 1 aliphatic carbocycles. The van der Waals surface area contributed by atoms with Crippen LogP contribution >= 0.6 is 0 Å². The third-order valence-electron chi connectivity index (χ3n) is 20.1. The molecule has 0 amide bonds. The van der Waals surface area contributed by atoms with E-state index in [4.69, 9.17) is 0 Å². The molecule has 0 aromatic heterocycles. The third-order valence-corrected chi connectivity index (χ3v) is 47.1. The Hall–Kier alpha value is -4.02. The summed E-state index contributed by atoms with van der Waals surface area (Å²) in [7, 11) is -12.9. The number of aliphatic hydroxyl groups is 2. The van der Waals surface area contributed by atoms with E-state index in [2.05, 4.69) is 323 Å². The summed E-state index contributed by atoms with van der Waals surface area (Å²) in [4.78, 5) is 0. The highest BCUT2D eigenvalue weighted by Crippen LogP contribution is 2.51. The molecule has 0 bridgehead atoms. The van der Waals surface area contributed by atoms with Gasteiger partial charge in [0.05, 0.1) is 0 Å². The molecular formula is C76H112O2Si6. The minimum Gasteiger partial charge on any atom is -0.369 e. The average Bonchev–Trinajstić information content (AvgIpc) is 0.708. The second kappa shape index (κ2) is 26.0. The number of fused-ring (bicyclic) bond motifs is 4. The molecule has 0 radical (unpaired) electrons. The van der Waals surface area contributed by atoms with Crippen molar-refractivity contribution in [3.63, 3.8) is 0 Å². The Morgan fingerprint density at radius 2 is 0.417 bits per heavy atom. The summed E-state index contributed by atoms with van der Waals surface area (Å²) in [5, 5.41) is 31.9. The first-order valence-corrected chi connectivity index (χ1v) is 48.3. The van der Waals surface area contributed by atoms with Crippen molar-refractivity contribution in [1.29, 1.82) is 0 Å². The van der Waals surface area contributed by atoms with Crippen LogP contribution in [0.4, 0.5) is 0 Å². The Labute approximate surface area is 521 Å². The summed E-state index contributed by atoms with van der Waals surface area (Å²) in [5.74, 6) is 22.7. The van der Waals surface area contributed by atoms with Gasteiger partial charge in [0.25, 0.3) is 0 Å². The Balaban J connectivity index is 2.12. The van der Waals surface area contributed by atoms with Crippen LogP contribution in [0.15, 0.2) is 48.5 Å². The van der Waals surface area contributed by atoms with E-state index in [1.165, 1.54) is 0 Å². The SMILES string of the molecule is CC(C)[Si](C#Cc1cc2cc3c(cc2cc1C#C[Si](C(C)C)(C(C)C)C(C)C)C(O)(C#C[Si](C)(C)C)c1cc2cc(C#C[Si](C(C)C)(C(C)C)C(C)C)c(C#C[Si](C(C)C)(C(C)C)C(C)C)cc2cc1C3(O)C#C[Si](C)(C)C)(C(C)C)C(C)C. The van der Waals surface area contributed by atoms with Crippen molar-refractivity contribution in [3.8, 4) is 68.8 Å². The molecule has 0 heterocycles. The zero-order valence-electron chi connectivity index (χ0n) is 58.4. The molecule has 4 aromatic rings. The third kappa shape index (κ3) is 13.4. The lowest BCUT2D eigenvalue weighted by molar-refractivity contribution is 0.0950. The summed E-state index contributed by atoms with van der Waals surface area (Å²) in [6.07, 6.45) is 0. The molecule has 0 spiro atoms. The van der Waals surface area contributed by atoms with Gasteiger partial charge in [0.15, 0.2) is 11.2 Å². The van der Waals surface area contributed by atoms with Crippen LogP contribution in [-0.2, 0) is 11.2 Å². The van der Waals surface area contributed by atoms with Crippen LogP contribution in [0.3, 0.4) is 0 Å². The van der Waals surface area contributed by atoms with E-state index in [9.17, 15) is 10.2 Å². The molecule has 0 saturated heterocycles. The first-order valence-electron chi connectivity index (χ1n) is 32.4. The summed E-state index contributed by atoms with van der Waals surface area (Å²) in [6, 6.07) is 17.3. The van der Waals surface area contributed by atoms with Gasteiger partial charge >= 0.3 is 0 Å². The molecule has 8 heteroatoms. The summed E-state index contributed by atoms with van der Waals surface area (Å²) < 4.78 is 0. The van der Waals surface area contributed by atoms with Crippen molar-refractivity contribution in [2.75, 3.05) is 0 Å². The van der Waals surface area contributed by atoms with Gasteiger partial charge in [-0.25, -0.2) is 0 Å². The largest absolute Gasteiger partial charge is 0.369 e. The minimum absolute atomic E-state index is 0.458. The number of benzene rings is 4. The fourth-order valence-electron chi connectivity index (χ4n) is 15.9. The second-order valence-corrected chi connectivity index (χ2v) is 63.1. The van der Waals surface area contributed by atoms with Crippen LogP contribution in [-0.4, -0.2) is 58.7 Å². The van der Waals surface area contributed by atoms with E-state index in [-0.39, 0.29) is 0 Å². The Morgan fingerprint density at radius 3 is 0.548 bits per heavy atom. The molecule has 2 nitrogen and oxygen atoms in total. The summed E-state index contributed by atoms with van der Waals surface area (Å²) in [6.45, 7) is 70.2. The van der Waals surface area contributed by atoms with Gasteiger partial charge in [0, 0.05) is 44.5 Å². The molecule has 0 aliphatic heterocycles. The zero-order chi connectivity index (χ0) is 64.0. The van der Waals surface area contributed by atoms with Gasteiger partial charge in [-0.1, -0.05) is 241 Å². The molecule has 0 atom stereocenters. The molecular weight excluding hydrogens is 1110 g/mol. The number of rotatable bonds is 12. The zero-order valence-corrected chi connectivity index (χ0v) is 64.4. The van der Waals surface area contributed by atoms with Gasteiger partial charge in [-0.2, -0.15) is 0 Å². The number of hydrogen-bond donors (Lipinski definition) is 2. The lowest BCUT2D eigenvalue weighted by Crippen LogP contribution is -2.43. The Kier molecular flexibility index (Phi) is 21.9. The lowest BCUT2D eigenvalue weighted by atomic mass is 9.67. The molecule has 0 unspecified atom stereocenters. The first-order chi connectivity index (χ1) is 38.5. The maximum Gasteiger partial charge on any atom is 0.177 e. The van der Waals surface area contributed by atoms with E-state index in [0.29, 0.717) is 88.7 Å². The average molecular weight is 1230 g/mol. The van der Waals surface area contributed by atoms with Gasteiger partial charge in [-0.3, -0.25) is 0 Å². The normalized spacial score (nSPS) is 16.9. The standard InChI is InChI=1S/C76H112O2Si6/c1-51(2)81(52(3)4,53(5)6)37-31-63-43-67-47-71-72(48-68(67)44-64(63)32-38-82(54(7)8,55(9)10)56(11)12)76(78,36-42-80(28,29)30)74-50-70-46-66(34-40-84(60(19)20,61(21)22)62(23)24)65(33-39-83(57(13)14,58(15)16)59(17)18)45-69(70)49-73(74)75(71,77)35-41-79(25,26)27/h43-62,77-78H,1-30H3. The maximum absolute atomic E-state index is 14.1. The monoisotopic (exact) mass is 1220 g/mol. The lowest BCUT2D eigenvalue weighted by Gasteiger charge is -2.41. The van der Waals surface area contributed by atoms with E-state index in [0.717, 1.165) is 43.8 Å². The van der Waals surface area contributed by atoms with Crippen molar-refractivity contribution in [2.24, 2.45) is 0 Å². The highest BCUT2D eigenvalue weighted by atomic mass is 28.3. The molecule has 4 aromatic carbocycles. The molecule has 1 aliphatic rings. The van der Waals surface area contributed by atoms with E-state index < -0.39 is 59.6 Å². The maximum atomic E-state index is 14.1. The smallest absolute Gasteiger partial charge is 0.177 e. The molecule has 0 saturated carbocycles.